The number of nitrogens with one attached hydrogen (secondary N) is 1. The van der Waals surface area contributed by atoms with Gasteiger partial charge in [0.05, 0.1) is 6.04 Å². The molecule has 0 aliphatic heterocycles. The van der Waals surface area contributed by atoms with E-state index in [-0.39, 0.29) is 6.04 Å². The summed E-state index contributed by atoms with van der Waals surface area (Å²) >= 11 is 1.75. The molecule has 1 unspecified atom stereocenters. The molecule has 1 atom stereocenters. The molecule has 0 saturated carbocycles. The molecule has 1 heterocycles. The molecule has 2 rings (SSSR count). The van der Waals surface area contributed by atoms with Crippen LogP contribution in [-0.2, 0) is 0 Å². The van der Waals surface area contributed by atoms with Crippen LogP contribution in [-0.4, -0.2) is 0 Å². The standard InChI is InChI=1S/C13H16N2S/c1-9-4-3-5-11(6-9)13(15-14)12-7-10(2)16-8-12/h3-8,13,15H,14H2,1-2H3. The molecule has 1 aromatic carbocycles. The molecule has 16 heavy (non-hydrogen) atoms. The number of aryl methyl sites for hydroxylation is 2. The third-order valence-electron chi connectivity index (χ3n) is 2.63. The quantitative estimate of drug-likeness (QED) is 0.631. The lowest BCUT2D eigenvalue weighted by atomic mass is 10.00. The molecule has 0 bridgehead atoms. The first kappa shape index (κ1) is 11.3. The van der Waals surface area contributed by atoms with Gasteiger partial charge in [0.1, 0.15) is 0 Å². The lowest BCUT2D eigenvalue weighted by molar-refractivity contribution is 0.638. The average Bonchev–Trinajstić information content (AvgIpc) is 2.66. The normalized spacial score (nSPS) is 12.7. The van der Waals surface area contributed by atoms with Crippen LogP contribution in [0.25, 0.3) is 0 Å². The van der Waals surface area contributed by atoms with Crippen molar-refractivity contribution in [3.05, 3.63) is 57.3 Å². The van der Waals surface area contributed by atoms with Gasteiger partial charge < -0.3 is 0 Å². The second kappa shape index (κ2) is 4.78. The van der Waals surface area contributed by atoms with Gasteiger partial charge >= 0.3 is 0 Å². The second-order valence-corrected chi connectivity index (χ2v) is 5.12. The summed E-state index contributed by atoms with van der Waals surface area (Å²) in [5.41, 5.74) is 6.58. The topological polar surface area (TPSA) is 38.0 Å². The summed E-state index contributed by atoms with van der Waals surface area (Å²) in [4.78, 5) is 1.31. The Bertz CT molecular complexity index is 476. The molecule has 0 spiro atoms. The molecule has 2 aromatic rings. The van der Waals surface area contributed by atoms with Crippen LogP contribution in [0, 0.1) is 13.8 Å². The predicted molar refractivity (Wildman–Crippen MR) is 69.4 cm³/mol. The van der Waals surface area contributed by atoms with Crippen molar-refractivity contribution in [1.29, 1.82) is 0 Å². The largest absolute Gasteiger partial charge is 0.271 e. The van der Waals surface area contributed by atoms with E-state index in [9.17, 15) is 0 Å². The van der Waals surface area contributed by atoms with Gasteiger partial charge in [-0.3, -0.25) is 5.84 Å². The van der Waals surface area contributed by atoms with Crippen LogP contribution in [0.3, 0.4) is 0 Å². The maximum atomic E-state index is 5.65. The Labute approximate surface area is 100 Å². The lowest BCUT2D eigenvalue weighted by Gasteiger charge is -2.15. The Morgan fingerprint density at radius 2 is 2.00 bits per heavy atom. The maximum absolute atomic E-state index is 5.65. The van der Waals surface area contributed by atoms with Gasteiger partial charge in [-0.15, -0.1) is 11.3 Å². The zero-order valence-corrected chi connectivity index (χ0v) is 10.3. The lowest BCUT2D eigenvalue weighted by Crippen LogP contribution is -2.28. The molecule has 0 saturated heterocycles. The number of nitrogens with two attached hydrogens (primary N) is 1. The van der Waals surface area contributed by atoms with Crippen molar-refractivity contribution in [2.75, 3.05) is 0 Å². The number of hydrazine groups is 1. The fourth-order valence-corrected chi connectivity index (χ4v) is 2.58. The molecule has 0 aliphatic rings. The van der Waals surface area contributed by atoms with Crippen molar-refractivity contribution in [2.24, 2.45) is 5.84 Å². The monoisotopic (exact) mass is 232 g/mol. The van der Waals surface area contributed by atoms with Crippen molar-refractivity contribution >= 4 is 11.3 Å². The van der Waals surface area contributed by atoms with E-state index in [1.54, 1.807) is 11.3 Å². The first-order valence-electron chi connectivity index (χ1n) is 5.28. The predicted octanol–water partition coefficient (Wildman–Crippen LogP) is 2.92. The molecular weight excluding hydrogens is 216 g/mol. The molecule has 3 N–H and O–H groups in total. The van der Waals surface area contributed by atoms with Crippen molar-refractivity contribution in [3.63, 3.8) is 0 Å². The van der Waals surface area contributed by atoms with Crippen LogP contribution in [0.15, 0.2) is 35.7 Å². The summed E-state index contributed by atoms with van der Waals surface area (Å²) in [5.74, 6) is 5.65. The number of hydrogen-bond donors (Lipinski definition) is 2. The van der Waals surface area contributed by atoms with Gasteiger partial charge in [0.25, 0.3) is 0 Å². The number of hydrogen-bond acceptors (Lipinski definition) is 3. The summed E-state index contributed by atoms with van der Waals surface area (Å²) in [6.45, 7) is 4.20. The van der Waals surface area contributed by atoms with Gasteiger partial charge in [0, 0.05) is 4.88 Å². The second-order valence-electron chi connectivity index (χ2n) is 4.00. The fraction of sp³-hybridized carbons (Fsp3) is 0.231. The highest BCUT2D eigenvalue weighted by molar-refractivity contribution is 7.10. The first-order valence-corrected chi connectivity index (χ1v) is 6.16. The highest BCUT2D eigenvalue weighted by Crippen LogP contribution is 2.25. The summed E-state index contributed by atoms with van der Waals surface area (Å²) in [7, 11) is 0. The van der Waals surface area contributed by atoms with Gasteiger partial charge in [-0.1, -0.05) is 29.8 Å². The van der Waals surface area contributed by atoms with Gasteiger partial charge in [0.15, 0.2) is 0 Å². The van der Waals surface area contributed by atoms with Gasteiger partial charge in [-0.05, 0) is 36.4 Å². The van der Waals surface area contributed by atoms with E-state index in [2.05, 4.69) is 55.0 Å². The van der Waals surface area contributed by atoms with Crippen LogP contribution in [0.4, 0.5) is 0 Å². The highest BCUT2D eigenvalue weighted by Gasteiger charge is 2.13. The van der Waals surface area contributed by atoms with E-state index in [0.29, 0.717) is 0 Å². The Morgan fingerprint density at radius 3 is 2.56 bits per heavy atom. The van der Waals surface area contributed by atoms with Crippen LogP contribution in [0.2, 0.25) is 0 Å². The summed E-state index contributed by atoms with van der Waals surface area (Å²) in [6, 6.07) is 10.7. The minimum absolute atomic E-state index is 0.0878. The van der Waals surface area contributed by atoms with Crippen molar-refractivity contribution in [3.8, 4) is 0 Å². The minimum atomic E-state index is 0.0878. The van der Waals surface area contributed by atoms with E-state index in [1.165, 1.54) is 21.6 Å². The van der Waals surface area contributed by atoms with E-state index in [0.717, 1.165) is 0 Å². The zero-order chi connectivity index (χ0) is 11.5. The molecule has 0 amide bonds. The van der Waals surface area contributed by atoms with Gasteiger partial charge in [0.2, 0.25) is 0 Å². The van der Waals surface area contributed by atoms with Crippen molar-refractivity contribution < 1.29 is 0 Å². The summed E-state index contributed by atoms with van der Waals surface area (Å²) in [6.07, 6.45) is 0. The average molecular weight is 232 g/mol. The van der Waals surface area contributed by atoms with Crippen molar-refractivity contribution in [1.82, 2.24) is 5.43 Å². The van der Waals surface area contributed by atoms with E-state index in [4.69, 9.17) is 5.84 Å². The smallest absolute Gasteiger partial charge is 0.0718 e. The SMILES string of the molecule is Cc1cccc(C(NN)c2csc(C)c2)c1. The van der Waals surface area contributed by atoms with E-state index in [1.807, 2.05) is 0 Å². The number of benzene rings is 1. The molecule has 0 radical (unpaired) electrons. The maximum Gasteiger partial charge on any atom is 0.0718 e. The Hall–Kier alpha value is -1.16. The van der Waals surface area contributed by atoms with Gasteiger partial charge in [-0.2, -0.15) is 0 Å². The molecule has 0 aliphatic carbocycles. The van der Waals surface area contributed by atoms with E-state index >= 15 is 0 Å². The molecular formula is C13H16N2S. The first-order chi connectivity index (χ1) is 7.70. The summed E-state index contributed by atoms with van der Waals surface area (Å²) in [5, 5.41) is 2.15. The number of rotatable bonds is 3. The van der Waals surface area contributed by atoms with Crippen LogP contribution >= 0.6 is 11.3 Å². The third-order valence-corrected chi connectivity index (χ3v) is 3.51. The third kappa shape index (κ3) is 2.32. The molecule has 0 fully saturated rings. The van der Waals surface area contributed by atoms with Crippen molar-refractivity contribution in [2.45, 2.75) is 19.9 Å². The van der Waals surface area contributed by atoms with Crippen LogP contribution in [0.5, 0.6) is 0 Å². The Balaban J connectivity index is 2.36. The van der Waals surface area contributed by atoms with Crippen LogP contribution in [0.1, 0.15) is 27.6 Å². The molecule has 84 valence electrons. The number of thiophene rings is 1. The Morgan fingerprint density at radius 1 is 1.19 bits per heavy atom. The minimum Gasteiger partial charge on any atom is -0.271 e. The van der Waals surface area contributed by atoms with Crippen LogP contribution < -0.4 is 11.3 Å². The van der Waals surface area contributed by atoms with Gasteiger partial charge in [-0.25, -0.2) is 5.43 Å². The molecule has 1 aromatic heterocycles. The highest BCUT2D eigenvalue weighted by atomic mass is 32.1. The van der Waals surface area contributed by atoms with E-state index < -0.39 is 0 Å². The fourth-order valence-electron chi connectivity index (χ4n) is 1.85. The zero-order valence-electron chi connectivity index (χ0n) is 9.53. The molecule has 2 nitrogen and oxygen atoms in total. The summed E-state index contributed by atoms with van der Waals surface area (Å²) < 4.78 is 0. The molecule has 3 heteroatoms. The Kier molecular flexibility index (Phi) is 3.39.